The maximum absolute atomic E-state index is 12.4. The summed E-state index contributed by atoms with van der Waals surface area (Å²) in [5, 5.41) is 6.72. The summed E-state index contributed by atoms with van der Waals surface area (Å²) in [5.74, 6) is 0.195. The third kappa shape index (κ3) is 5.76. The molecule has 27 heavy (non-hydrogen) atoms. The zero-order valence-corrected chi connectivity index (χ0v) is 15.7. The minimum absolute atomic E-state index is 0.223. The van der Waals surface area contributed by atoms with Crippen molar-refractivity contribution in [3.8, 4) is 0 Å². The number of hydrogen-bond acceptors (Lipinski definition) is 5. The normalized spacial score (nSPS) is 10.4. The van der Waals surface area contributed by atoms with Crippen molar-refractivity contribution in [2.24, 2.45) is 0 Å². The van der Waals surface area contributed by atoms with Crippen molar-refractivity contribution in [3.05, 3.63) is 82.4 Å². The van der Waals surface area contributed by atoms with E-state index in [1.807, 2.05) is 43.3 Å². The molecule has 0 aliphatic rings. The molecule has 0 bridgehead atoms. The lowest BCUT2D eigenvalue weighted by atomic mass is 10.1. The molecule has 7 heteroatoms. The van der Waals surface area contributed by atoms with E-state index >= 15 is 0 Å². The van der Waals surface area contributed by atoms with Crippen molar-refractivity contribution in [1.82, 2.24) is 20.3 Å². The predicted octanol–water partition coefficient (Wildman–Crippen LogP) is 3.42. The van der Waals surface area contributed by atoms with Crippen LogP contribution in [0.2, 0.25) is 5.02 Å². The Morgan fingerprint density at radius 1 is 1.11 bits per heavy atom. The quantitative estimate of drug-likeness (QED) is 0.655. The molecule has 0 radical (unpaired) electrons. The zero-order chi connectivity index (χ0) is 19.1. The second-order valence-electron chi connectivity index (χ2n) is 6.07. The van der Waals surface area contributed by atoms with E-state index in [0.29, 0.717) is 29.8 Å². The third-order valence-corrected chi connectivity index (χ3v) is 4.12. The topological polar surface area (TPSA) is 79.8 Å². The predicted molar refractivity (Wildman–Crippen MR) is 106 cm³/mol. The number of benzene rings is 1. The smallest absolute Gasteiger partial charge is 0.270 e. The number of hydrogen-bond donors (Lipinski definition) is 2. The summed E-state index contributed by atoms with van der Waals surface area (Å²) in [7, 11) is 0. The maximum atomic E-state index is 12.4. The highest BCUT2D eigenvalue weighted by molar-refractivity contribution is 6.30. The molecule has 0 fully saturated rings. The van der Waals surface area contributed by atoms with Gasteiger partial charge < -0.3 is 10.6 Å². The lowest BCUT2D eigenvalue weighted by Gasteiger charge is -2.09. The molecule has 2 N–H and O–H groups in total. The fourth-order valence-electron chi connectivity index (χ4n) is 2.51. The van der Waals surface area contributed by atoms with Crippen LogP contribution in [0.5, 0.6) is 0 Å². The van der Waals surface area contributed by atoms with Gasteiger partial charge in [0, 0.05) is 36.2 Å². The van der Waals surface area contributed by atoms with Crippen molar-refractivity contribution in [1.29, 1.82) is 0 Å². The number of halogens is 1. The van der Waals surface area contributed by atoms with Gasteiger partial charge in [0.25, 0.3) is 5.91 Å². The summed E-state index contributed by atoms with van der Waals surface area (Å²) >= 11 is 5.88. The Morgan fingerprint density at radius 3 is 2.67 bits per heavy atom. The van der Waals surface area contributed by atoms with Gasteiger partial charge in [0.1, 0.15) is 5.69 Å². The van der Waals surface area contributed by atoms with Crippen molar-refractivity contribution in [3.63, 3.8) is 0 Å². The number of anilines is 1. The molecule has 0 aliphatic carbocycles. The molecule has 3 aromatic rings. The highest BCUT2D eigenvalue weighted by Crippen LogP contribution is 2.10. The van der Waals surface area contributed by atoms with Gasteiger partial charge >= 0.3 is 0 Å². The Kier molecular flexibility index (Phi) is 6.33. The second-order valence-corrected chi connectivity index (χ2v) is 6.50. The van der Waals surface area contributed by atoms with Crippen LogP contribution < -0.4 is 10.6 Å². The fraction of sp³-hybridized carbons (Fsp3) is 0.200. The standard InChI is InChI=1S/C20H20ClN5O/c1-14-11-18(19(27)23-10-8-15-4-6-17(21)7-5-15)26-20(25-14)24-13-16-3-2-9-22-12-16/h2-7,9,11-12H,8,10,13H2,1H3,(H,23,27)(H,24,25,26). The second kappa shape index (κ2) is 9.09. The lowest BCUT2D eigenvalue weighted by molar-refractivity contribution is 0.0949. The average Bonchev–Trinajstić information content (AvgIpc) is 2.68. The Bertz CT molecular complexity index is 900. The maximum Gasteiger partial charge on any atom is 0.270 e. The molecule has 3 rings (SSSR count). The van der Waals surface area contributed by atoms with Crippen molar-refractivity contribution < 1.29 is 4.79 Å². The van der Waals surface area contributed by atoms with Gasteiger partial charge in [-0.15, -0.1) is 0 Å². The van der Waals surface area contributed by atoms with Crippen LogP contribution >= 0.6 is 11.6 Å². The van der Waals surface area contributed by atoms with Crippen LogP contribution in [0.3, 0.4) is 0 Å². The highest BCUT2D eigenvalue weighted by Gasteiger charge is 2.10. The summed E-state index contributed by atoms with van der Waals surface area (Å²) in [6.45, 7) is 2.89. The molecular weight excluding hydrogens is 362 g/mol. The van der Waals surface area contributed by atoms with Crippen LogP contribution in [0, 0.1) is 6.92 Å². The molecule has 2 aromatic heterocycles. The first kappa shape index (κ1) is 18.8. The summed E-state index contributed by atoms with van der Waals surface area (Å²) in [4.78, 5) is 25.1. The van der Waals surface area contributed by atoms with Gasteiger partial charge in [-0.2, -0.15) is 0 Å². The number of nitrogens with zero attached hydrogens (tertiary/aromatic N) is 3. The Labute approximate surface area is 163 Å². The number of rotatable bonds is 7. The van der Waals surface area contributed by atoms with E-state index in [-0.39, 0.29) is 5.91 Å². The first-order valence-corrected chi connectivity index (χ1v) is 8.99. The van der Waals surface area contributed by atoms with E-state index in [4.69, 9.17) is 11.6 Å². The van der Waals surface area contributed by atoms with E-state index in [9.17, 15) is 4.79 Å². The SMILES string of the molecule is Cc1cc(C(=O)NCCc2ccc(Cl)cc2)nc(NCc2cccnc2)n1. The van der Waals surface area contributed by atoms with E-state index in [2.05, 4.69) is 25.6 Å². The van der Waals surface area contributed by atoms with E-state index in [0.717, 1.165) is 23.2 Å². The van der Waals surface area contributed by atoms with Crippen LogP contribution in [-0.2, 0) is 13.0 Å². The molecule has 1 aromatic carbocycles. The molecular formula is C20H20ClN5O. The number of pyridine rings is 1. The summed E-state index contributed by atoms with van der Waals surface area (Å²) in [5.41, 5.74) is 3.18. The molecule has 0 aliphatic heterocycles. The van der Waals surface area contributed by atoms with E-state index < -0.39 is 0 Å². The van der Waals surface area contributed by atoms with Crippen LogP contribution in [0.25, 0.3) is 0 Å². The number of aryl methyl sites for hydroxylation is 1. The van der Waals surface area contributed by atoms with Gasteiger partial charge in [-0.05, 0) is 48.7 Å². The number of nitrogens with one attached hydrogen (secondary N) is 2. The summed E-state index contributed by atoms with van der Waals surface area (Å²) < 4.78 is 0. The first-order valence-electron chi connectivity index (χ1n) is 8.61. The average molecular weight is 382 g/mol. The molecule has 6 nitrogen and oxygen atoms in total. The van der Waals surface area contributed by atoms with Crippen LogP contribution in [0.15, 0.2) is 54.9 Å². The van der Waals surface area contributed by atoms with E-state index in [1.54, 1.807) is 18.5 Å². The van der Waals surface area contributed by atoms with E-state index in [1.165, 1.54) is 0 Å². The van der Waals surface area contributed by atoms with Crippen molar-refractivity contribution in [2.45, 2.75) is 19.9 Å². The van der Waals surface area contributed by atoms with Crippen LogP contribution in [0.1, 0.15) is 27.3 Å². The number of carbonyl (C=O) groups is 1. The highest BCUT2D eigenvalue weighted by atomic mass is 35.5. The third-order valence-electron chi connectivity index (χ3n) is 3.87. The van der Waals surface area contributed by atoms with Gasteiger partial charge in [-0.3, -0.25) is 9.78 Å². The lowest BCUT2D eigenvalue weighted by Crippen LogP contribution is -2.27. The molecule has 0 saturated carbocycles. The fourth-order valence-corrected chi connectivity index (χ4v) is 2.64. The van der Waals surface area contributed by atoms with Crippen LogP contribution in [-0.4, -0.2) is 27.4 Å². The monoisotopic (exact) mass is 381 g/mol. The number of carbonyl (C=O) groups excluding carboxylic acids is 1. The number of aromatic nitrogens is 3. The van der Waals surface area contributed by atoms with Gasteiger partial charge in [-0.25, -0.2) is 9.97 Å². The first-order chi connectivity index (χ1) is 13.1. The number of amides is 1. The van der Waals surface area contributed by atoms with Crippen molar-refractivity contribution in [2.75, 3.05) is 11.9 Å². The largest absolute Gasteiger partial charge is 0.350 e. The molecule has 0 spiro atoms. The van der Waals surface area contributed by atoms with Gasteiger partial charge in [0.15, 0.2) is 0 Å². The van der Waals surface area contributed by atoms with Gasteiger partial charge in [0.05, 0.1) is 0 Å². The summed E-state index contributed by atoms with van der Waals surface area (Å²) in [6.07, 6.45) is 4.21. The minimum atomic E-state index is -0.223. The van der Waals surface area contributed by atoms with Crippen LogP contribution in [0.4, 0.5) is 5.95 Å². The molecule has 0 atom stereocenters. The zero-order valence-electron chi connectivity index (χ0n) is 14.9. The Hall–Kier alpha value is -2.99. The molecule has 138 valence electrons. The molecule has 0 saturated heterocycles. The van der Waals surface area contributed by atoms with Gasteiger partial charge in [-0.1, -0.05) is 29.8 Å². The van der Waals surface area contributed by atoms with Gasteiger partial charge in [0.2, 0.25) is 5.95 Å². The molecule has 2 heterocycles. The Balaban J connectivity index is 1.57. The van der Waals surface area contributed by atoms with Crippen molar-refractivity contribution >= 4 is 23.5 Å². The Morgan fingerprint density at radius 2 is 1.93 bits per heavy atom. The molecule has 0 unspecified atom stereocenters. The minimum Gasteiger partial charge on any atom is -0.350 e. The summed E-state index contributed by atoms with van der Waals surface area (Å²) in [6, 6.07) is 13.1. The molecule has 1 amide bonds.